The first kappa shape index (κ1) is 13.4. The molecular weight excluding hydrogens is 198 g/mol. The number of nitrogens with two attached hydrogens (primary N) is 1. The van der Waals surface area contributed by atoms with Crippen LogP contribution in [0, 0.1) is 5.41 Å². The Bertz CT molecular complexity index is 249. The lowest BCUT2D eigenvalue weighted by Crippen LogP contribution is -2.41. The average Bonchev–Trinajstić information content (AvgIpc) is 2.60. The summed E-state index contributed by atoms with van der Waals surface area (Å²) in [6, 6.07) is 0.0909. The molecule has 2 unspecified atom stereocenters. The molecule has 0 saturated heterocycles. The lowest BCUT2D eigenvalue weighted by Gasteiger charge is -2.27. The van der Waals surface area contributed by atoms with Gasteiger partial charge in [0.25, 0.3) is 0 Å². The molecule has 0 heterocycles. The Morgan fingerprint density at radius 1 is 1.50 bits per heavy atom. The molecule has 1 aliphatic carbocycles. The summed E-state index contributed by atoms with van der Waals surface area (Å²) >= 11 is 0. The Kier molecular flexibility index (Phi) is 5.20. The van der Waals surface area contributed by atoms with Gasteiger partial charge in [-0.1, -0.05) is 25.8 Å². The van der Waals surface area contributed by atoms with Crippen LogP contribution in [-0.4, -0.2) is 11.8 Å². The number of carbonyl (C=O) groups excluding carboxylic acids is 1. The molecule has 0 aromatic heterocycles. The van der Waals surface area contributed by atoms with Crippen molar-refractivity contribution in [2.75, 3.05) is 0 Å². The molecular formula is C14H25NO. The van der Waals surface area contributed by atoms with Crippen LogP contribution in [0.3, 0.4) is 0 Å². The highest BCUT2D eigenvalue weighted by atomic mass is 16.1. The molecule has 1 aliphatic rings. The lowest BCUT2D eigenvalue weighted by molar-refractivity contribution is -0.128. The lowest BCUT2D eigenvalue weighted by atomic mass is 9.79. The average molecular weight is 223 g/mol. The fourth-order valence-corrected chi connectivity index (χ4v) is 2.58. The fourth-order valence-electron chi connectivity index (χ4n) is 2.58. The van der Waals surface area contributed by atoms with Crippen molar-refractivity contribution in [1.29, 1.82) is 0 Å². The number of allylic oxidation sites excluding steroid dienone is 1. The summed E-state index contributed by atoms with van der Waals surface area (Å²) in [4.78, 5) is 12.1. The molecule has 1 rings (SSSR count). The van der Waals surface area contributed by atoms with Crippen molar-refractivity contribution in [2.24, 2.45) is 11.1 Å². The van der Waals surface area contributed by atoms with Crippen molar-refractivity contribution in [2.45, 2.75) is 64.3 Å². The van der Waals surface area contributed by atoms with E-state index in [0.29, 0.717) is 12.2 Å². The van der Waals surface area contributed by atoms with Crippen LogP contribution in [-0.2, 0) is 4.79 Å². The molecule has 1 fully saturated rings. The van der Waals surface area contributed by atoms with Gasteiger partial charge < -0.3 is 5.73 Å². The van der Waals surface area contributed by atoms with E-state index in [1.165, 1.54) is 0 Å². The van der Waals surface area contributed by atoms with Gasteiger partial charge in [0.05, 0.1) is 0 Å². The van der Waals surface area contributed by atoms with E-state index in [2.05, 4.69) is 13.5 Å². The number of ketones is 1. The van der Waals surface area contributed by atoms with Crippen molar-refractivity contribution >= 4 is 5.78 Å². The zero-order valence-corrected chi connectivity index (χ0v) is 10.5. The summed E-state index contributed by atoms with van der Waals surface area (Å²) in [5.41, 5.74) is 5.81. The zero-order valence-electron chi connectivity index (χ0n) is 10.5. The van der Waals surface area contributed by atoms with Crippen molar-refractivity contribution in [1.82, 2.24) is 0 Å². The van der Waals surface area contributed by atoms with Gasteiger partial charge in [0, 0.05) is 17.9 Å². The summed E-state index contributed by atoms with van der Waals surface area (Å²) in [5.74, 6) is 0.385. The predicted molar refractivity (Wildman–Crippen MR) is 68.2 cm³/mol. The Labute approximate surface area is 99.3 Å². The maximum atomic E-state index is 12.1. The van der Waals surface area contributed by atoms with Gasteiger partial charge in [0.1, 0.15) is 5.78 Å². The number of carbonyl (C=O) groups is 1. The minimum absolute atomic E-state index is 0.0909. The van der Waals surface area contributed by atoms with Crippen molar-refractivity contribution < 1.29 is 4.79 Å². The van der Waals surface area contributed by atoms with E-state index in [1.807, 2.05) is 6.08 Å². The third-order valence-corrected chi connectivity index (χ3v) is 3.98. The third-order valence-electron chi connectivity index (χ3n) is 3.98. The molecule has 0 aliphatic heterocycles. The van der Waals surface area contributed by atoms with Gasteiger partial charge in [-0.15, -0.1) is 6.58 Å². The van der Waals surface area contributed by atoms with E-state index in [0.717, 1.165) is 44.9 Å². The SMILES string of the molecule is C=CCCCCCC(=O)C1(C)CCCC1N. The molecule has 0 bridgehead atoms. The van der Waals surface area contributed by atoms with E-state index >= 15 is 0 Å². The second-order valence-corrected chi connectivity index (χ2v) is 5.23. The first-order valence-electron chi connectivity index (χ1n) is 6.51. The molecule has 0 aromatic rings. The zero-order chi connectivity index (χ0) is 12.0. The monoisotopic (exact) mass is 223 g/mol. The molecule has 1 saturated carbocycles. The normalized spacial score (nSPS) is 29.2. The number of hydrogen-bond donors (Lipinski definition) is 1. The maximum absolute atomic E-state index is 12.1. The first-order chi connectivity index (χ1) is 7.61. The van der Waals surface area contributed by atoms with Crippen LogP contribution in [0.25, 0.3) is 0 Å². The van der Waals surface area contributed by atoms with Gasteiger partial charge in [-0.2, -0.15) is 0 Å². The Hall–Kier alpha value is -0.630. The van der Waals surface area contributed by atoms with Crippen molar-refractivity contribution in [3.63, 3.8) is 0 Å². The molecule has 0 aromatic carbocycles. The van der Waals surface area contributed by atoms with Crippen LogP contribution in [0.2, 0.25) is 0 Å². The van der Waals surface area contributed by atoms with Crippen LogP contribution in [0.1, 0.15) is 58.3 Å². The molecule has 2 heteroatoms. The topological polar surface area (TPSA) is 43.1 Å². The number of rotatable bonds is 7. The first-order valence-corrected chi connectivity index (χ1v) is 6.51. The Balaban J connectivity index is 2.26. The predicted octanol–water partition coefficient (Wildman–Crippen LogP) is 3.21. The van der Waals surface area contributed by atoms with Crippen LogP contribution in [0.15, 0.2) is 12.7 Å². The molecule has 16 heavy (non-hydrogen) atoms. The number of Topliss-reactive ketones (excluding diaryl/α,β-unsaturated/α-hetero) is 1. The van der Waals surface area contributed by atoms with E-state index in [-0.39, 0.29) is 11.5 Å². The molecule has 0 radical (unpaired) electrons. The Morgan fingerprint density at radius 3 is 2.81 bits per heavy atom. The van der Waals surface area contributed by atoms with E-state index in [9.17, 15) is 4.79 Å². The third kappa shape index (κ3) is 3.18. The maximum Gasteiger partial charge on any atom is 0.140 e. The van der Waals surface area contributed by atoms with E-state index < -0.39 is 0 Å². The summed E-state index contributed by atoms with van der Waals surface area (Å²) in [5, 5.41) is 0. The van der Waals surface area contributed by atoms with Gasteiger partial charge in [-0.3, -0.25) is 4.79 Å². The second kappa shape index (κ2) is 6.19. The molecule has 92 valence electrons. The Morgan fingerprint density at radius 2 is 2.25 bits per heavy atom. The highest BCUT2D eigenvalue weighted by Gasteiger charge is 2.41. The van der Waals surface area contributed by atoms with Crippen LogP contribution < -0.4 is 5.73 Å². The van der Waals surface area contributed by atoms with E-state index in [1.54, 1.807) is 0 Å². The van der Waals surface area contributed by atoms with Crippen molar-refractivity contribution in [3.05, 3.63) is 12.7 Å². The highest BCUT2D eigenvalue weighted by Crippen LogP contribution is 2.38. The van der Waals surface area contributed by atoms with Gasteiger partial charge in [-0.25, -0.2) is 0 Å². The van der Waals surface area contributed by atoms with Crippen molar-refractivity contribution in [3.8, 4) is 0 Å². The van der Waals surface area contributed by atoms with Crippen LogP contribution in [0.4, 0.5) is 0 Å². The molecule has 2 atom stereocenters. The van der Waals surface area contributed by atoms with Gasteiger partial charge in [0.2, 0.25) is 0 Å². The quantitative estimate of drug-likeness (QED) is 0.532. The summed E-state index contributed by atoms with van der Waals surface area (Å²) in [6.07, 6.45) is 10.1. The van der Waals surface area contributed by atoms with Crippen LogP contribution in [0.5, 0.6) is 0 Å². The van der Waals surface area contributed by atoms with Gasteiger partial charge in [0.15, 0.2) is 0 Å². The largest absolute Gasteiger partial charge is 0.327 e. The number of hydrogen-bond acceptors (Lipinski definition) is 2. The van der Waals surface area contributed by atoms with Gasteiger partial charge >= 0.3 is 0 Å². The minimum atomic E-state index is -0.224. The number of unbranched alkanes of at least 4 members (excludes halogenated alkanes) is 3. The molecule has 0 amide bonds. The summed E-state index contributed by atoms with van der Waals surface area (Å²) in [6.45, 7) is 5.75. The summed E-state index contributed by atoms with van der Waals surface area (Å²) in [7, 11) is 0. The summed E-state index contributed by atoms with van der Waals surface area (Å²) < 4.78 is 0. The smallest absolute Gasteiger partial charge is 0.140 e. The van der Waals surface area contributed by atoms with E-state index in [4.69, 9.17) is 5.73 Å². The second-order valence-electron chi connectivity index (χ2n) is 5.23. The molecule has 2 N–H and O–H groups in total. The minimum Gasteiger partial charge on any atom is -0.327 e. The molecule has 0 spiro atoms. The van der Waals surface area contributed by atoms with Crippen LogP contribution >= 0.6 is 0 Å². The molecule has 2 nitrogen and oxygen atoms in total. The standard InChI is InChI=1S/C14H25NO/c1-3-4-5-6-7-10-13(16)14(2)11-8-9-12(14)15/h3,12H,1,4-11,15H2,2H3. The van der Waals surface area contributed by atoms with Gasteiger partial charge in [-0.05, 0) is 32.1 Å². The highest BCUT2D eigenvalue weighted by molar-refractivity contribution is 5.85. The fraction of sp³-hybridized carbons (Fsp3) is 0.786.